The topological polar surface area (TPSA) is 43.4 Å². The number of carbonyl (C=O) groups is 2. The van der Waals surface area contributed by atoms with Gasteiger partial charge in [-0.2, -0.15) is 0 Å². The summed E-state index contributed by atoms with van der Waals surface area (Å²) in [5, 5.41) is 0. The lowest BCUT2D eigenvalue weighted by Gasteiger charge is -2.39. The number of esters is 2. The largest absolute Gasteiger partial charge is 0.393 e. The first kappa shape index (κ1) is 9.69. The van der Waals surface area contributed by atoms with Crippen LogP contribution in [0.1, 0.15) is 46.0 Å². The molecule has 3 heteroatoms. The first-order valence-electron chi connectivity index (χ1n) is 5.19. The van der Waals surface area contributed by atoms with Crippen molar-refractivity contribution in [2.24, 2.45) is 10.8 Å². The minimum atomic E-state index is -0.473. The SMILES string of the molecule is CC1(C)CCCC2(CC(=O)OC2=O)C1. The van der Waals surface area contributed by atoms with Crippen molar-refractivity contribution in [2.45, 2.75) is 46.0 Å². The average Bonchev–Trinajstić information content (AvgIpc) is 2.24. The van der Waals surface area contributed by atoms with Crippen LogP contribution in [0.15, 0.2) is 0 Å². The molecular formula is C11H16O3. The molecule has 2 rings (SSSR count). The second-order valence-electron chi connectivity index (χ2n) is 5.41. The first-order chi connectivity index (χ1) is 6.44. The standard InChI is InChI=1S/C11H16O3/c1-10(2)4-3-5-11(7-10)6-8(12)14-9(11)13/h3-7H2,1-2H3. The van der Waals surface area contributed by atoms with Gasteiger partial charge in [-0.05, 0) is 24.7 Å². The predicted molar refractivity (Wildman–Crippen MR) is 50.4 cm³/mol. The van der Waals surface area contributed by atoms with Gasteiger partial charge in [0.15, 0.2) is 0 Å². The molecule has 1 spiro atoms. The van der Waals surface area contributed by atoms with E-state index in [1.807, 2.05) is 0 Å². The fraction of sp³-hybridized carbons (Fsp3) is 0.818. The maximum absolute atomic E-state index is 11.6. The van der Waals surface area contributed by atoms with Gasteiger partial charge in [0.25, 0.3) is 0 Å². The summed E-state index contributed by atoms with van der Waals surface area (Å²) in [4.78, 5) is 22.7. The van der Waals surface area contributed by atoms with Crippen molar-refractivity contribution < 1.29 is 14.3 Å². The van der Waals surface area contributed by atoms with Crippen LogP contribution in [0.3, 0.4) is 0 Å². The molecule has 78 valence electrons. The van der Waals surface area contributed by atoms with Gasteiger partial charge in [-0.15, -0.1) is 0 Å². The van der Waals surface area contributed by atoms with E-state index < -0.39 is 5.41 Å². The van der Waals surface area contributed by atoms with Crippen LogP contribution in [0.2, 0.25) is 0 Å². The number of hydrogen-bond donors (Lipinski definition) is 0. The molecule has 2 fully saturated rings. The van der Waals surface area contributed by atoms with Crippen LogP contribution in [-0.4, -0.2) is 11.9 Å². The van der Waals surface area contributed by atoms with E-state index >= 15 is 0 Å². The number of ether oxygens (including phenoxy) is 1. The summed E-state index contributed by atoms with van der Waals surface area (Å²) in [6.07, 6.45) is 4.08. The van der Waals surface area contributed by atoms with Gasteiger partial charge in [0, 0.05) is 0 Å². The van der Waals surface area contributed by atoms with Gasteiger partial charge in [0.05, 0.1) is 11.8 Å². The van der Waals surface area contributed by atoms with Crippen LogP contribution in [0.4, 0.5) is 0 Å². The van der Waals surface area contributed by atoms with E-state index in [-0.39, 0.29) is 17.4 Å². The van der Waals surface area contributed by atoms with Crippen LogP contribution < -0.4 is 0 Å². The Balaban J connectivity index is 2.24. The third-order valence-electron chi connectivity index (χ3n) is 3.45. The molecule has 0 aromatic carbocycles. The molecule has 1 saturated carbocycles. The molecule has 0 amide bonds. The molecule has 1 atom stereocenters. The van der Waals surface area contributed by atoms with E-state index in [1.165, 1.54) is 0 Å². The fourth-order valence-corrected chi connectivity index (χ4v) is 2.92. The van der Waals surface area contributed by atoms with Crippen LogP contribution >= 0.6 is 0 Å². The highest BCUT2D eigenvalue weighted by molar-refractivity contribution is 5.97. The number of carbonyl (C=O) groups excluding carboxylic acids is 2. The molecule has 0 aromatic rings. The summed E-state index contributed by atoms with van der Waals surface area (Å²) < 4.78 is 4.67. The van der Waals surface area contributed by atoms with E-state index in [1.54, 1.807) is 0 Å². The molecule has 1 heterocycles. The molecule has 1 saturated heterocycles. The molecule has 0 aromatic heterocycles. The normalized spacial score (nSPS) is 36.1. The summed E-state index contributed by atoms with van der Waals surface area (Å²) in [6.45, 7) is 4.31. The van der Waals surface area contributed by atoms with Gasteiger partial charge >= 0.3 is 11.9 Å². The van der Waals surface area contributed by atoms with E-state index in [2.05, 4.69) is 18.6 Å². The van der Waals surface area contributed by atoms with Gasteiger partial charge in [-0.25, -0.2) is 0 Å². The zero-order valence-corrected chi connectivity index (χ0v) is 8.76. The second-order valence-corrected chi connectivity index (χ2v) is 5.41. The van der Waals surface area contributed by atoms with E-state index in [9.17, 15) is 9.59 Å². The van der Waals surface area contributed by atoms with E-state index in [0.717, 1.165) is 25.7 Å². The van der Waals surface area contributed by atoms with Crippen molar-refractivity contribution >= 4 is 11.9 Å². The lowest BCUT2D eigenvalue weighted by molar-refractivity contribution is -0.156. The minimum Gasteiger partial charge on any atom is -0.393 e. The van der Waals surface area contributed by atoms with Crippen molar-refractivity contribution in [1.82, 2.24) is 0 Å². The average molecular weight is 196 g/mol. The van der Waals surface area contributed by atoms with Crippen LogP contribution in [0, 0.1) is 10.8 Å². The highest BCUT2D eigenvalue weighted by atomic mass is 16.6. The van der Waals surface area contributed by atoms with Crippen molar-refractivity contribution in [3.63, 3.8) is 0 Å². The van der Waals surface area contributed by atoms with E-state index in [4.69, 9.17) is 0 Å². The molecular weight excluding hydrogens is 180 g/mol. The van der Waals surface area contributed by atoms with E-state index in [0.29, 0.717) is 6.42 Å². The number of rotatable bonds is 0. The monoisotopic (exact) mass is 196 g/mol. The summed E-state index contributed by atoms with van der Waals surface area (Å²) in [6, 6.07) is 0. The smallest absolute Gasteiger partial charge is 0.320 e. The van der Waals surface area contributed by atoms with Crippen LogP contribution in [0.5, 0.6) is 0 Å². The molecule has 0 radical (unpaired) electrons. The number of hydrogen-bond acceptors (Lipinski definition) is 3. The van der Waals surface area contributed by atoms with Gasteiger partial charge in [0.1, 0.15) is 0 Å². The zero-order valence-electron chi connectivity index (χ0n) is 8.76. The van der Waals surface area contributed by atoms with Crippen molar-refractivity contribution in [2.75, 3.05) is 0 Å². The minimum absolute atomic E-state index is 0.169. The Morgan fingerprint density at radius 2 is 1.93 bits per heavy atom. The molecule has 1 aliphatic carbocycles. The first-order valence-corrected chi connectivity index (χ1v) is 5.19. The van der Waals surface area contributed by atoms with Crippen LogP contribution in [0.25, 0.3) is 0 Å². The lowest BCUT2D eigenvalue weighted by Crippen LogP contribution is -2.36. The number of cyclic esters (lactones) is 2. The molecule has 0 N–H and O–H groups in total. The summed E-state index contributed by atoms with van der Waals surface area (Å²) >= 11 is 0. The summed E-state index contributed by atoms with van der Waals surface area (Å²) in [5.41, 5.74) is -0.305. The predicted octanol–water partition coefficient (Wildman–Crippen LogP) is 2.05. The molecule has 3 nitrogen and oxygen atoms in total. The Kier molecular flexibility index (Phi) is 1.95. The van der Waals surface area contributed by atoms with Crippen molar-refractivity contribution in [3.8, 4) is 0 Å². The van der Waals surface area contributed by atoms with Crippen molar-refractivity contribution in [1.29, 1.82) is 0 Å². The molecule has 2 aliphatic rings. The zero-order chi connectivity index (χ0) is 10.4. The Morgan fingerprint density at radius 3 is 2.43 bits per heavy atom. The summed E-state index contributed by atoms with van der Waals surface area (Å²) in [7, 11) is 0. The molecule has 0 bridgehead atoms. The van der Waals surface area contributed by atoms with Gasteiger partial charge in [-0.1, -0.05) is 20.3 Å². The quantitative estimate of drug-likeness (QED) is 0.440. The third kappa shape index (κ3) is 1.45. The van der Waals surface area contributed by atoms with Gasteiger partial charge in [-0.3, -0.25) is 9.59 Å². The maximum Gasteiger partial charge on any atom is 0.320 e. The highest BCUT2D eigenvalue weighted by Gasteiger charge is 2.53. The van der Waals surface area contributed by atoms with Crippen LogP contribution in [-0.2, 0) is 14.3 Å². The third-order valence-corrected chi connectivity index (χ3v) is 3.45. The Bertz CT molecular complexity index is 293. The lowest BCUT2D eigenvalue weighted by atomic mass is 9.63. The summed E-state index contributed by atoms with van der Waals surface area (Å²) in [5.74, 6) is -0.622. The maximum atomic E-state index is 11.6. The van der Waals surface area contributed by atoms with Gasteiger partial charge < -0.3 is 4.74 Å². The second kappa shape index (κ2) is 2.81. The highest BCUT2D eigenvalue weighted by Crippen LogP contribution is 2.51. The fourth-order valence-electron chi connectivity index (χ4n) is 2.92. The molecule has 1 unspecified atom stereocenters. The molecule has 14 heavy (non-hydrogen) atoms. The van der Waals surface area contributed by atoms with Crippen molar-refractivity contribution in [3.05, 3.63) is 0 Å². The Hall–Kier alpha value is -0.860. The van der Waals surface area contributed by atoms with Gasteiger partial charge in [0.2, 0.25) is 0 Å². The Labute approximate surface area is 83.8 Å². The molecule has 1 aliphatic heterocycles. The Morgan fingerprint density at radius 1 is 1.21 bits per heavy atom.